The third kappa shape index (κ3) is 4.21. The van der Waals surface area contributed by atoms with Gasteiger partial charge >= 0.3 is 0 Å². The van der Waals surface area contributed by atoms with Crippen molar-refractivity contribution in [2.75, 3.05) is 21.2 Å². The Morgan fingerprint density at radius 2 is 1.92 bits per heavy atom. The maximum Gasteiger partial charge on any atom is 0.266 e. The minimum atomic E-state index is -3.97. The molecule has 1 heterocycles. The number of carbonyl (C=O) groups is 1. The Labute approximate surface area is 151 Å². The van der Waals surface area contributed by atoms with E-state index in [9.17, 15) is 13.2 Å². The van der Waals surface area contributed by atoms with Crippen molar-refractivity contribution in [2.24, 2.45) is 0 Å². The van der Waals surface area contributed by atoms with Crippen molar-refractivity contribution in [1.82, 2.24) is 9.37 Å². The summed E-state index contributed by atoms with van der Waals surface area (Å²) in [5, 5.41) is 0.00441. The number of rotatable bonds is 6. The maximum atomic E-state index is 12.6. The SMILES string of the molecule is CON(C)S(=O)(=O)c1cc(C(=O)N(C)Cc2ccc(C)o2)ccc1Cl. The molecule has 1 aromatic carbocycles. The predicted octanol–water partition coefficient (Wildman–Crippen LogP) is 2.70. The van der Waals surface area contributed by atoms with Gasteiger partial charge in [-0.15, -0.1) is 0 Å². The first-order chi connectivity index (χ1) is 11.7. The number of halogens is 1. The highest BCUT2D eigenvalue weighted by Crippen LogP contribution is 2.26. The van der Waals surface area contributed by atoms with Gasteiger partial charge in [-0.25, -0.2) is 8.42 Å². The molecule has 0 aliphatic carbocycles. The van der Waals surface area contributed by atoms with E-state index in [0.29, 0.717) is 10.2 Å². The average Bonchev–Trinajstić information content (AvgIpc) is 2.98. The summed E-state index contributed by atoms with van der Waals surface area (Å²) in [4.78, 5) is 18.5. The number of hydroxylamine groups is 1. The third-order valence-corrected chi connectivity index (χ3v) is 5.75. The fraction of sp³-hybridized carbons (Fsp3) is 0.312. The van der Waals surface area contributed by atoms with Crippen LogP contribution in [0.5, 0.6) is 0 Å². The van der Waals surface area contributed by atoms with Crippen LogP contribution in [0, 0.1) is 6.92 Å². The van der Waals surface area contributed by atoms with Crippen molar-refractivity contribution >= 4 is 27.5 Å². The van der Waals surface area contributed by atoms with E-state index in [0.717, 1.165) is 5.76 Å². The molecule has 0 saturated heterocycles. The predicted molar refractivity (Wildman–Crippen MR) is 92.7 cm³/mol. The molecule has 0 bridgehead atoms. The standard InChI is InChI=1S/C16H19ClN2O5S/c1-11-5-7-13(24-11)10-18(2)16(20)12-6-8-14(17)15(9-12)25(21,22)19(3)23-4/h5-9H,10H2,1-4H3. The minimum absolute atomic E-state index is 0.00441. The number of sulfonamides is 1. The second-order valence-corrected chi connectivity index (χ2v) is 7.73. The summed E-state index contributed by atoms with van der Waals surface area (Å²) in [6, 6.07) is 7.67. The van der Waals surface area contributed by atoms with Gasteiger partial charge in [0, 0.05) is 19.7 Å². The number of benzene rings is 1. The molecule has 136 valence electrons. The van der Waals surface area contributed by atoms with Crippen LogP contribution >= 0.6 is 11.6 Å². The lowest BCUT2D eigenvalue weighted by Crippen LogP contribution is -2.28. The first-order valence-corrected chi connectivity index (χ1v) is 9.12. The summed E-state index contributed by atoms with van der Waals surface area (Å²) in [5.41, 5.74) is 0.193. The van der Waals surface area contributed by atoms with E-state index in [1.165, 1.54) is 37.3 Å². The Kier molecular flexibility index (Phi) is 5.89. The molecule has 0 saturated carbocycles. The number of amides is 1. The van der Waals surface area contributed by atoms with Crippen LogP contribution in [0.3, 0.4) is 0 Å². The van der Waals surface area contributed by atoms with E-state index in [-0.39, 0.29) is 27.9 Å². The van der Waals surface area contributed by atoms with E-state index in [1.54, 1.807) is 19.2 Å². The molecular formula is C16H19ClN2O5S. The number of hydrogen-bond donors (Lipinski definition) is 0. The van der Waals surface area contributed by atoms with Gasteiger partial charge in [-0.05, 0) is 37.3 Å². The minimum Gasteiger partial charge on any atom is -0.464 e. The lowest BCUT2D eigenvalue weighted by Gasteiger charge is -2.18. The topological polar surface area (TPSA) is 80.1 Å². The van der Waals surface area contributed by atoms with Gasteiger partial charge in [-0.3, -0.25) is 9.63 Å². The molecule has 1 aromatic heterocycles. The van der Waals surface area contributed by atoms with Gasteiger partial charge in [-0.2, -0.15) is 0 Å². The van der Waals surface area contributed by atoms with Crippen molar-refractivity contribution in [1.29, 1.82) is 0 Å². The van der Waals surface area contributed by atoms with Crippen molar-refractivity contribution < 1.29 is 22.5 Å². The van der Waals surface area contributed by atoms with Crippen molar-refractivity contribution in [3.05, 3.63) is 52.4 Å². The third-order valence-electron chi connectivity index (χ3n) is 3.59. The molecular weight excluding hydrogens is 368 g/mol. The molecule has 0 fully saturated rings. The highest BCUT2D eigenvalue weighted by molar-refractivity contribution is 7.89. The highest BCUT2D eigenvalue weighted by atomic mass is 35.5. The highest BCUT2D eigenvalue weighted by Gasteiger charge is 2.26. The molecule has 0 atom stereocenters. The van der Waals surface area contributed by atoms with Gasteiger partial charge in [0.1, 0.15) is 16.4 Å². The molecule has 0 unspecified atom stereocenters. The Bertz CT molecular complexity index is 878. The lowest BCUT2D eigenvalue weighted by molar-refractivity contribution is -0.0258. The molecule has 0 aliphatic heterocycles. The fourth-order valence-corrected chi connectivity index (χ4v) is 3.64. The number of carbonyl (C=O) groups excluding carboxylic acids is 1. The Balaban J connectivity index is 2.30. The van der Waals surface area contributed by atoms with Gasteiger partial charge in [-0.1, -0.05) is 16.1 Å². The molecule has 1 amide bonds. The van der Waals surface area contributed by atoms with Crippen LogP contribution in [0.25, 0.3) is 0 Å². The smallest absolute Gasteiger partial charge is 0.266 e. The molecule has 0 aliphatic rings. The molecule has 2 aromatic rings. The van der Waals surface area contributed by atoms with Crippen LogP contribution in [0.15, 0.2) is 39.6 Å². The maximum absolute atomic E-state index is 12.6. The van der Waals surface area contributed by atoms with Crippen LogP contribution in [0.2, 0.25) is 5.02 Å². The van der Waals surface area contributed by atoms with E-state index in [1.807, 2.05) is 6.92 Å². The van der Waals surface area contributed by atoms with Gasteiger partial charge in [0.2, 0.25) is 0 Å². The number of furan rings is 1. The summed E-state index contributed by atoms with van der Waals surface area (Å²) in [5.74, 6) is 1.02. The summed E-state index contributed by atoms with van der Waals surface area (Å²) in [6.07, 6.45) is 0. The van der Waals surface area contributed by atoms with Crippen molar-refractivity contribution in [2.45, 2.75) is 18.4 Å². The first-order valence-electron chi connectivity index (χ1n) is 7.30. The molecule has 25 heavy (non-hydrogen) atoms. The van der Waals surface area contributed by atoms with Crippen LogP contribution in [-0.2, 0) is 21.4 Å². The van der Waals surface area contributed by atoms with E-state index >= 15 is 0 Å². The lowest BCUT2D eigenvalue weighted by atomic mass is 10.2. The molecule has 0 radical (unpaired) electrons. The van der Waals surface area contributed by atoms with Gasteiger partial charge in [0.25, 0.3) is 15.9 Å². The van der Waals surface area contributed by atoms with Crippen molar-refractivity contribution in [3.63, 3.8) is 0 Å². The Hall–Kier alpha value is -1.87. The van der Waals surface area contributed by atoms with Gasteiger partial charge < -0.3 is 9.32 Å². The van der Waals surface area contributed by atoms with Gasteiger partial charge in [0.15, 0.2) is 0 Å². The van der Waals surface area contributed by atoms with E-state index < -0.39 is 10.0 Å². The Morgan fingerprint density at radius 3 is 2.48 bits per heavy atom. The fourth-order valence-electron chi connectivity index (χ4n) is 2.17. The van der Waals surface area contributed by atoms with Crippen LogP contribution in [-0.4, -0.2) is 44.9 Å². The zero-order valence-electron chi connectivity index (χ0n) is 14.3. The van der Waals surface area contributed by atoms with Crippen LogP contribution in [0.4, 0.5) is 0 Å². The molecule has 0 spiro atoms. The first kappa shape index (κ1) is 19.5. The summed E-state index contributed by atoms with van der Waals surface area (Å²) < 4.78 is 30.9. The normalized spacial score (nSPS) is 11.8. The molecule has 9 heteroatoms. The van der Waals surface area contributed by atoms with Gasteiger partial charge in [0.05, 0.1) is 18.7 Å². The zero-order valence-corrected chi connectivity index (χ0v) is 15.9. The largest absolute Gasteiger partial charge is 0.464 e. The quantitative estimate of drug-likeness (QED) is 0.713. The summed E-state index contributed by atoms with van der Waals surface area (Å²) in [7, 11) is 0.0978. The number of nitrogens with zero attached hydrogens (tertiary/aromatic N) is 2. The summed E-state index contributed by atoms with van der Waals surface area (Å²) >= 11 is 6.00. The number of aryl methyl sites for hydroxylation is 1. The van der Waals surface area contributed by atoms with E-state index in [2.05, 4.69) is 0 Å². The van der Waals surface area contributed by atoms with Crippen LogP contribution < -0.4 is 0 Å². The average molecular weight is 387 g/mol. The van der Waals surface area contributed by atoms with Crippen molar-refractivity contribution in [3.8, 4) is 0 Å². The molecule has 7 nitrogen and oxygen atoms in total. The zero-order chi connectivity index (χ0) is 18.8. The second kappa shape index (κ2) is 7.57. The van der Waals surface area contributed by atoms with E-state index in [4.69, 9.17) is 20.9 Å². The summed E-state index contributed by atoms with van der Waals surface area (Å²) in [6.45, 7) is 2.07. The second-order valence-electron chi connectivity index (χ2n) is 5.42. The Morgan fingerprint density at radius 1 is 1.24 bits per heavy atom. The van der Waals surface area contributed by atoms with Crippen LogP contribution in [0.1, 0.15) is 21.9 Å². The molecule has 0 N–H and O–H groups in total. The molecule has 2 rings (SSSR count). The monoisotopic (exact) mass is 386 g/mol. The number of hydrogen-bond acceptors (Lipinski definition) is 5.